The van der Waals surface area contributed by atoms with Gasteiger partial charge in [0.25, 0.3) is 0 Å². The number of rotatable bonds is 1. The van der Waals surface area contributed by atoms with Gasteiger partial charge in [-0.25, -0.2) is 9.50 Å². The van der Waals surface area contributed by atoms with Crippen molar-refractivity contribution in [2.24, 2.45) is 0 Å². The zero-order chi connectivity index (χ0) is 11.1. The number of nitrogens with two attached hydrogens (primary N) is 1. The molecule has 80 valence electrons. The predicted octanol–water partition coefficient (Wildman–Crippen LogP) is 2.35. The van der Waals surface area contributed by atoms with Crippen molar-refractivity contribution in [2.45, 2.75) is 6.92 Å². The second-order valence-electron chi connectivity index (χ2n) is 3.59. The minimum Gasteiger partial charge on any atom is -0.395 e. The van der Waals surface area contributed by atoms with Crippen LogP contribution in [0.3, 0.4) is 0 Å². The van der Waals surface area contributed by atoms with Gasteiger partial charge >= 0.3 is 0 Å². The minimum atomic E-state index is 0.692. The van der Waals surface area contributed by atoms with Gasteiger partial charge in [-0.05, 0) is 30.0 Å². The largest absolute Gasteiger partial charge is 0.395 e. The van der Waals surface area contributed by atoms with E-state index in [1.54, 1.807) is 15.9 Å². The Labute approximate surface area is 96.4 Å². The summed E-state index contributed by atoms with van der Waals surface area (Å²) in [6, 6.07) is 5.93. The quantitative estimate of drug-likeness (QED) is 0.698. The highest BCUT2D eigenvalue weighted by Gasteiger charge is 2.09. The zero-order valence-electron chi connectivity index (χ0n) is 8.71. The van der Waals surface area contributed by atoms with Crippen molar-refractivity contribution in [3.8, 4) is 10.7 Å². The molecule has 0 aliphatic carbocycles. The molecule has 0 radical (unpaired) electrons. The smallest absolute Gasteiger partial charge is 0.192 e. The molecule has 0 amide bonds. The van der Waals surface area contributed by atoms with Gasteiger partial charge < -0.3 is 5.73 Å². The summed E-state index contributed by atoms with van der Waals surface area (Å²) in [5.74, 6) is 0.729. The number of fused-ring (bicyclic) bond motifs is 1. The van der Waals surface area contributed by atoms with Gasteiger partial charge in [0, 0.05) is 6.20 Å². The summed E-state index contributed by atoms with van der Waals surface area (Å²) in [6.45, 7) is 1.97. The van der Waals surface area contributed by atoms with Gasteiger partial charge in [-0.15, -0.1) is 16.4 Å². The van der Waals surface area contributed by atoms with Crippen molar-refractivity contribution in [2.75, 3.05) is 5.73 Å². The molecule has 0 atom stereocenters. The van der Waals surface area contributed by atoms with Crippen LogP contribution in [0.2, 0.25) is 0 Å². The molecule has 0 unspecified atom stereocenters. The van der Waals surface area contributed by atoms with Crippen molar-refractivity contribution < 1.29 is 0 Å². The molecular formula is C11H10N4S. The fraction of sp³-hybridized carbons (Fsp3) is 0.0909. The number of anilines is 1. The lowest BCUT2D eigenvalue weighted by molar-refractivity contribution is 0.965. The van der Waals surface area contributed by atoms with Crippen molar-refractivity contribution in [1.82, 2.24) is 14.6 Å². The van der Waals surface area contributed by atoms with Gasteiger partial charge in [0.2, 0.25) is 0 Å². The lowest BCUT2D eigenvalue weighted by Gasteiger charge is -1.98. The Morgan fingerprint density at radius 3 is 3.00 bits per heavy atom. The molecule has 0 aliphatic rings. The molecule has 0 aromatic carbocycles. The molecule has 0 spiro atoms. The van der Waals surface area contributed by atoms with Crippen LogP contribution in [-0.2, 0) is 0 Å². The van der Waals surface area contributed by atoms with Gasteiger partial charge in [0.1, 0.15) is 0 Å². The Morgan fingerprint density at radius 2 is 2.25 bits per heavy atom. The average Bonchev–Trinajstić information content (AvgIpc) is 2.91. The van der Waals surface area contributed by atoms with Gasteiger partial charge in [-0.3, -0.25) is 0 Å². The number of hydrogen-bond acceptors (Lipinski definition) is 4. The maximum atomic E-state index is 5.97. The molecular weight excluding hydrogens is 220 g/mol. The van der Waals surface area contributed by atoms with Crippen LogP contribution in [0.15, 0.2) is 29.8 Å². The topological polar surface area (TPSA) is 56.2 Å². The third kappa shape index (κ3) is 1.29. The summed E-state index contributed by atoms with van der Waals surface area (Å²) in [5.41, 5.74) is 8.41. The number of nitrogens with zero attached hydrogens (tertiary/aromatic N) is 3. The number of aryl methyl sites for hydroxylation is 1. The second-order valence-corrected chi connectivity index (χ2v) is 4.54. The number of hydrogen-bond donors (Lipinski definition) is 1. The van der Waals surface area contributed by atoms with Crippen LogP contribution < -0.4 is 5.73 Å². The fourth-order valence-corrected chi connectivity index (χ4v) is 2.22. The van der Waals surface area contributed by atoms with E-state index in [0.29, 0.717) is 5.69 Å². The third-order valence-electron chi connectivity index (χ3n) is 2.50. The van der Waals surface area contributed by atoms with Crippen LogP contribution in [-0.4, -0.2) is 14.6 Å². The second kappa shape index (κ2) is 3.31. The van der Waals surface area contributed by atoms with E-state index in [1.807, 2.05) is 36.7 Å². The zero-order valence-corrected chi connectivity index (χ0v) is 9.53. The molecule has 3 aromatic heterocycles. The van der Waals surface area contributed by atoms with Crippen LogP contribution in [0.4, 0.5) is 5.69 Å². The molecule has 2 N–H and O–H groups in total. The fourth-order valence-electron chi connectivity index (χ4n) is 1.57. The van der Waals surface area contributed by atoms with E-state index >= 15 is 0 Å². The summed E-state index contributed by atoms with van der Waals surface area (Å²) < 4.78 is 1.72. The lowest BCUT2D eigenvalue weighted by Crippen LogP contribution is -1.96. The summed E-state index contributed by atoms with van der Waals surface area (Å²) in [4.78, 5) is 5.51. The summed E-state index contributed by atoms with van der Waals surface area (Å²) in [7, 11) is 0. The number of nitrogen functional groups attached to an aromatic ring is 1. The van der Waals surface area contributed by atoms with Crippen molar-refractivity contribution in [3.63, 3.8) is 0 Å². The lowest BCUT2D eigenvalue weighted by atomic mass is 10.2. The number of pyridine rings is 1. The van der Waals surface area contributed by atoms with E-state index in [0.717, 1.165) is 21.9 Å². The van der Waals surface area contributed by atoms with Crippen LogP contribution >= 0.6 is 11.3 Å². The van der Waals surface area contributed by atoms with E-state index in [1.165, 1.54) is 0 Å². The van der Waals surface area contributed by atoms with E-state index < -0.39 is 0 Å². The first-order valence-corrected chi connectivity index (χ1v) is 5.79. The SMILES string of the molecule is Cc1ccn2nc(-c3cccs3)nc2c1N. The number of aromatic nitrogens is 3. The summed E-state index contributed by atoms with van der Waals surface area (Å²) in [5, 5.41) is 6.40. The Morgan fingerprint density at radius 1 is 1.38 bits per heavy atom. The molecule has 0 saturated carbocycles. The Bertz CT molecular complexity index is 639. The molecule has 3 aromatic rings. The van der Waals surface area contributed by atoms with E-state index in [-0.39, 0.29) is 0 Å². The van der Waals surface area contributed by atoms with Crippen molar-refractivity contribution >= 4 is 22.7 Å². The first-order chi connectivity index (χ1) is 7.75. The number of thiophene rings is 1. The van der Waals surface area contributed by atoms with Gasteiger partial charge in [-0.2, -0.15) is 0 Å². The van der Waals surface area contributed by atoms with Crippen LogP contribution in [0.5, 0.6) is 0 Å². The predicted molar refractivity (Wildman–Crippen MR) is 65.4 cm³/mol. The highest BCUT2D eigenvalue weighted by Crippen LogP contribution is 2.24. The maximum absolute atomic E-state index is 5.97. The average molecular weight is 230 g/mol. The first-order valence-electron chi connectivity index (χ1n) is 4.91. The van der Waals surface area contributed by atoms with Crippen LogP contribution in [0.25, 0.3) is 16.3 Å². The highest BCUT2D eigenvalue weighted by molar-refractivity contribution is 7.13. The molecule has 0 bridgehead atoms. The molecule has 4 nitrogen and oxygen atoms in total. The molecule has 0 fully saturated rings. The normalized spacial score (nSPS) is 11.1. The molecule has 5 heteroatoms. The molecule has 16 heavy (non-hydrogen) atoms. The Kier molecular flexibility index (Phi) is 1.94. The van der Waals surface area contributed by atoms with Gasteiger partial charge in [0.15, 0.2) is 11.5 Å². The van der Waals surface area contributed by atoms with Crippen molar-refractivity contribution in [3.05, 3.63) is 35.3 Å². The van der Waals surface area contributed by atoms with Gasteiger partial charge in [0.05, 0.1) is 10.6 Å². The van der Waals surface area contributed by atoms with Crippen LogP contribution in [0, 0.1) is 6.92 Å². The first kappa shape index (κ1) is 9.35. The molecule has 3 rings (SSSR count). The monoisotopic (exact) mass is 230 g/mol. The standard InChI is InChI=1S/C11H10N4S/c1-7-4-5-15-11(9(7)12)13-10(14-15)8-3-2-6-16-8/h2-6H,12H2,1H3. The third-order valence-corrected chi connectivity index (χ3v) is 3.37. The van der Waals surface area contributed by atoms with Crippen LogP contribution in [0.1, 0.15) is 5.56 Å². The summed E-state index contributed by atoms with van der Waals surface area (Å²) >= 11 is 1.62. The highest BCUT2D eigenvalue weighted by atomic mass is 32.1. The maximum Gasteiger partial charge on any atom is 0.192 e. The van der Waals surface area contributed by atoms with Crippen molar-refractivity contribution in [1.29, 1.82) is 0 Å². The van der Waals surface area contributed by atoms with E-state index in [2.05, 4.69) is 10.1 Å². The summed E-state index contributed by atoms with van der Waals surface area (Å²) in [6.07, 6.45) is 1.88. The molecule has 0 aliphatic heterocycles. The van der Waals surface area contributed by atoms with Gasteiger partial charge in [-0.1, -0.05) is 6.07 Å². The Balaban J connectivity index is 2.28. The van der Waals surface area contributed by atoms with E-state index in [4.69, 9.17) is 5.73 Å². The Hall–Kier alpha value is -1.88. The minimum absolute atomic E-state index is 0.692. The molecule has 3 heterocycles. The van der Waals surface area contributed by atoms with E-state index in [9.17, 15) is 0 Å². The molecule has 0 saturated heterocycles.